The summed E-state index contributed by atoms with van der Waals surface area (Å²) in [4.78, 5) is 12.4. The summed E-state index contributed by atoms with van der Waals surface area (Å²) in [7, 11) is 0. The van der Waals surface area contributed by atoms with Crippen molar-refractivity contribution in [2.45, 2.75) is 83.0 Å². The molecule has 0 aromatic rings. The van der Waals surface area contributed by atoms with Crippen molar-refractivity contribution >= 4 is 5.78 Å². The first kappa shape index (κ1) is 16.0. The monoisotopic (exact) mass is 322 g/mol. The van der Waals surface area contributed by atoms with Gasteiger partial charge in [-0.2, -0.15) is 0 Å². The van der Waals surface area contributed by atoms with Gasteiger partial charge in [-0.25, -0.2) is 0 Å². The van der Waals surface area contributed by atoms with Gasteiger partial charge < -0.3 is 15.3 Å². The largest absolute Gasteiger partial charge is 0.393 e. The molecule has 0 radical (unpaired) electrons. The van der Waals surface area contributed by atoms with Gasteiger partial charge in [0.15, 0.2) is 0 Å². The molecule has 4 aliphatic carbocycles. The van der Waals surface area contributed by atoms with E-state index in [9.17, 15) is 20.1 Å². The zero-order valence-corrected chi connectivity index (χ0v) is 14.3. The Labute approximate surface area is 138 Å². The Balaban J connectivity index is 1.75. The summed E-state index contributed by atoms with van der Waals surface area (Å²) in [6, 6.07) is 0. The molecular weight excluding hydrogens is 292 g/mol. The summed E-state index contributed by atoms with van der Waals surface area (Å²) >= 11 is 0. The van der Waals surface area contributed by atoms with Crippen LogP contribution in [0, 0.1) is 28.6 Å². The number of aliphatic hydroxyl groups is 3. The Hall–Kier alpha value is -0.450. The Morgan fingerprint density at radius 2 is 1.70 bits per heavy atom. The summed E-state index contributed by atoms with van der Waals surface area (Å²) in [5.74, 6) is 0.534. The number of carbonyl (C=O) groups is 1. The van der Waals surface area contributed by atoms with E-state index in [1.807, 2.05) is 0 Å². The quantitative estimate of drug-likeness (QED) is 0.638. The molecule has 4 saturated carbocycles. The maximum absolute atomic E-state index is 12.4. The summed E-state index contributed by atoms with van der Waals surface area (Å²) < 4.78 is 0. The Bertz CT molecular complexity index is 533. The van der Waals surface area contributed by atoms with Gasteiger partial charge in [-0.05, 0) is 62.7 Å². The number of fused-ring (bicyclic) bond motifs is 5. The topological polar surface area (TPSA) is 77.8 Å². The molecule has 0 spiro atoms. The third-order valence-electron chi connectivity index (χ3n) is 8.55. The standard InChI is InChI=1S/C19H30O4/c1-17-7-8-19(23)13(12(17)3-4-16(17)22)10-15(21)14-9-11(20)5-6-18(14,19)2/h11-15,20-21,23H,3-10H2,1-2H3/t11-,12-,13-,14+,15-,17-,18-,19+/m0/s1. The van der Waals surface area contributed by atoms with Crippen LogP contribution in [-0.4, -0.2) is 38.9 Å². The molecule has 0 saturated heterocycles. The van der Waals surface area contributed by atoms with Crippen molar-refractivity contribution in [2.24, 2.45) is 28.6 Å². The highest BCUT2D eigenvalue weighted by atomic mass is 16.3. The maximum Gasteiger partial charge on any atom is 0.139 e. The molecule has 4 aliphatic rings. The number of Topliss-reactive ketones (excluding diaryl/α,β-unsaturated/α-hetero) is 1. The molecule has 4 nitrogen and oxygen atoms in total. The van der Waals surface area contributed by atoms with Crippen molar-refractivity contribution in [1.82, 2.24) is 0 Å². The second kappa shape index (κ2) is 4.80. The molecule has 0 bridgehead atoms. The van der Waals surface area contributed by atoms with E-state index in [4.69, 9.17) is 0 Å². The highest BCUT2D eigenvalue weighted by Crippen LogP contribution is 2.67. The van der Waals surface area contributed by atoms with Crippen LogP contribution in [-0.2, 0) is 4.79 Å². The van der Waals surface area contributed by atoms with Gasteiger partial charge in [0.05, 0.1) is 17.8 Å². The predicted octanol–water partition coefficient (Wildman–Crippen LogP) is 2.04. The third-order valence-corrected chi connectivity index (χ3v) is 8.55. The zero-order chi connectivity index (χ0) is 16.6. The van der Waals surface area contributed by atoms with Crippen LogP contribution in [0.4, 0.5) is 0 Å². The van der Waals surface area contributed by atoms with Crippen molar-refractivity contribution in [3.8, 4) is 0 Å². The van der Waals surface area contributed by atoms with E-state index in [1.54, 1.807) is 0 Å². The molecule has 4 heteroatoms. The number of hydrogen-bond acceptors (Lipinski definition) is 4. The van der Waals surface area contributed by atoms with Crippen molar-refractivity contribution in [1.29, 1.82) is 0 Å². The van der Waals surface area contributed by atoms with Crippen LogP contribution >= 0.6 is 0 Å². The van der Waals surface area contributed by atoms with Gasteiger partial charge in [0.25, 0.3) is 0 Å². The van der Waals surface area contributed by atoms with Gasteiger partial charge in [0.2, 0.25) is 0 Å². The summed E-state index contributed by atoms with van der Waals surface area (Å²) in [5.41, 5.74) is -1.44. The fraction of sp³-hybridized carbons (Fsp3) is 0.947. The highest BCUT2D eigenvalue weighted by Gasteiger charge is 2.68. The van der Waals surface area contributed by atoms with Crippen LogP contribution in [0.5, 0.6) is 0 Å². The Kier molecular flexibility index (Phi) is 3.35. The SMILES string of the molecule is C[C@]12CC[C@H](O)C[C@@H]1[C@@H](O)C[C@H]1[C@@H]3CCC(=O)[C@@]3(C)CC[C@@]12O. The summed E-state index contributed by atoms with van der Waals surface area (Å²) in [6.07, 6.45) is 4.72. The van der Waals surface area contributed by atoms with Crippen LogP contribution in [0.2, 0.25) is 0 Å². The second-order valence-corrected chi connectivity index (χ2v) is 9.27. The summed E-state index contributed by atoms with van der Waals surface area (Å²) in [6.45, 7) is 4.20. The van der Waals surface area contributed by atoms with Gasteiger partial charge in [0.1, 0.15) is 5.78 Å². The van der Waals surface area contributed by atoms with Gasteiger partial charge in [-0.1, -0.05) is 13.8 Å². The molecule has 0 aliphatic heterocycles. The first-order chi connectivity index (χ1) is 10.7. The molecule has 4 rings (SSSR count). The van der Waals surface area contributed by atoms with E-state index in [0.717, 1.165) is 19.3 Å². The minimum atomic E-state index is -0.800. The molecule has 130 valence electrons. The lowest BCUT2D eigenvalue weighted by Crippen LogP contribution is -2.68. The van der Waals surface area contributed by atoms with Crippen LogP contribution in [0.15, 0.2) is 0 Å². The molecule has 8 atom stereocenters. The van der Waals surface area contributed by atoms with E-state index >= 15 is 0 Å². The van der Waals surface area contributed by atoms with Crippen molar-refractivity contribution in [2.75, 3.05) is 0 Å². The van der Waals surface area contributed by atoms with E-state index < -0.39 is 11.7 Å². The van der Waals surface area contributed by atoms with Gasteiger partial charge in [-0.15, -0.1) is 0 Å². The maximum atomic E-state index is 12.4. The normalized spacial score (nSPS) is 59.2. The van der Waals surface area contributed by atoms with Gasteiger partial charge in [-0.3, -0.25) is 4.79 Å². The van der Waals surface area contributed by atoms with Crippen LogP contribution in [0.3, 0.4) is 0 Å². The average Bonchev–Trinajstić information content (AvgIpc) is 2.80. The number of rotatable bonds is 0. The molecule has 0 amide bonds. The average molecular weight is 322 g/mol. The third kappa shape index (κ3) is 1.86. The number of hydrogen-bond donors (Lipinski definition) is 3. The molecule has 0 aromatic heterocycles. The van der Waals surface area contributed by atoms with Gasteiger partial charge >= 0.3 is 0 Å². The Morgan fingerprint density at radius 3 is 2.43 bits per heavy atom. The van der Waals surface area contributed by atoms with E-state index in [1.165, 1.54) is 0 Å². The molecule has 0 aromatic carbocycles. The smallest absolute Gasteiger partial charge is 0.139 e. The molecule has 3 N–H and O–H groups in total. The van der Waals surface area contributed by atoms with Crippen LogP contribution in [0.25, 0.3) is 0 Å². The molecular formula is C19H30O4. The second-order valence-electron chi connectivity index (χ2n) is 9.27. The molecule has 4 fully saturated rings. The van der Waals surface area contributed by atoms with Crippen molar-refractivity contribution in [3.05, 3.63) is 0 Å². The van der Waals surface area contributed by atoms with Crippen LogP contribution < -0.4 is 0 Å². The molecule has 23 heavy (non-hydrogen) atoms. The lowest BCUT2D eigenvalue weighted by molar-refractivity contribution is -0.260. The van der Waals surface area contributed by atoms with E-state index in [2.05, 4.69) is 13.8 Å². The van der Waals surface area contributed by atoms with E-state index in [-0.39, 0.29) is 34.7 Å². The van der Waals surface area contributed by atoms with Gasteiger partial charge in [0, 0.05) is 17.3 Å². The number of aliphatic hydroxyl groups excluding tert-OH is 2. The Morgan fingerprint density at radius 1 is 0.957 bits per heavy atom. The predicted molar refractivity (Wildman–Crippen MR) is 85.6 cm³/mol. The lowest BCUT2D eigenvalue weighted by atomic mass is 9.42. The highest BCUT2D eigenvalue weighted by molar-refractivity contribution is 5.87. The first-order valence-corrected chi connectivity index (χ1v) is 9.34. The lowest BCUT2D eigenvalue weighted by Gasteiger charge is -2.65. The minimum absolute atomic E-state index is 0.0131. The van der Waals surface area contributed by atoms with E-state index in [0.29, 0.717) is 37.9 Å². The summed E-state index contributed by atoms with van der Waals surface area (Å²) in [5, 5.41) is 32.6. The van der Waals surface area contributed by atoms with Crippen LogP contribution in [0.1, 0.15) is 65.2 Å². The molecule has 0 heterocycles. The number of carbonyl (C=O) groups excluding carboxylic acids is 1. The first-order valence-electron chi connectivity index (χ1n) is 9.34. The van der Waals surface area contributed by atoms with Crippen molar-refractivity contribution < 1.29 is 20.1 Å². The fourth-order valence-corrected chi connectivity index (χ4v) is 6.97. The minimum Gasteiger partial charge on any atom is -0.393 e. The fourth-order valence-electron chi connectivity index (χ4n) is 6.97. The number of ketones is 1. The zero-order valence-electron chi connectivity index (χ0n) is 14.3. The van der Waals surface area contributed by atoms with Crippen molar-refractivity contribution in [3.63, 3.8) is 0 Å². The molecule has 0 unspecified atom stereocenters.